The van der Waals surface area contributed by atoms with Crippen LogP contribution in [0.25, 0.3) is 11.4 Å². The van der Waals surface area contributed by atoms with Crippen molar-refractivity contribution >= 4 is 0 Å². The van der Waals surface area contributed by atoms with Crippen LogP contribution in [0.15, 0.2) is 24.3 Å². The number of aryl methyl sites for hydroxylation is 1. The first-order valence-corrected chi connectivity index (χ1v) is 5.74. The highest BCUT2D eigenvalue weighted by Gasteiger charge is 2.05. The number of hydrogen-bond donors (Lipinski definition) is 1. The highest BCUT2D eigenvalue weighted by Crippen LogP contribution is 2.17. The Hall–Kier alpha value is -2.42. The number of unbranched alkanes of at least 4 members (excludes halogenated alkanes) is 2. The van der Waals surface area contributed by atoms with Gasteiger partial charge in [-0.3, -0.25) is 0 Å². The molecule has 18 heavy (non-hydrogen) atoms. The van der Waals surface area contributed by atoms with Crippen LogP contribution < -0.4 is 0 Å². The van der Waals surface area contributed by atoms with Gasteiger partial charge in [-0.05, 0) is 42.3 Å². The molecule has 0 amide bonds. The molecule has 0 fully saturated rings. The summed E-state index contributed by atoms with van der Waals surface area (Å²) in [4.78, 5) is 1.53. The fourth-order valence-corrected chi connectivity index (χ4v) is 1.52. The monoisotopic (exact) mass is 243 g/mol. The minimum absolute atomic E-state index is 0.211. The third-order valence-electron chi connectivity index (χ3n) is 2.48. The van der Waals surface area contributed by atoms with E-state index in [1.54, 1.807) is 24.3 Å². The first kappa shape index (κ1) is 12.0. The second-order valence-electron chi connectivity index (χ2n) is 3.87. The molecule has 0 bridgehead atoms. The predicted molar refractivity (Wildman–Crippen MR) is 64.4 cm³/mol. The molecular weight excluding hydrogens is 230 g/mol. The van der Waals surface area contributed by atoms with Crippen molar-refractivity contribution in [2.45, 2.75) is 25.8 Å². The predicted octanol–water partition coefficient (Wildman–Crippen LogP) is 1.74. The van der Waals surface area contributed by atoms with Gasteiger partial charge in [-0.1, -0.05) is 0 Å². The minimum atomic E-state index is 0.211. The molecule has 6 nitrogen and oxygen atoms in total. The number of aromatic nitrogens is 4. The van der Waals surface area contributed by atoms with Crippen LogP contribution in [-0.4, -0.2) is 25.3 Å². The Morgan fingerprint density at radius 1 is 1.22 bits per heavy atom. The zero-order valence-corrected chi connectivity index (χ0v) is 9.82. The Morgan fingerprint density at radius 3 is 2.72 bits per heavy atom. The standard InChI is InChI=1S/C12H13N5O/c13-8-2-1-3-9-17-15-12(14-16-17)10-4-6-11(18)7-5-10/h4-7,18H,1-3,9H2. The number of aromatic hydroxyl groups is 1. The Morgan fingerprint density at radius 2 is 2.00 bits per heavy atom. The second-order valence-corrected chi connectivity index (χ2v) is 3.87. The maximum Gasteiger partial charge on any atom is 0.204 e. The lowest BCUT2D eigenvalue weighted by Crippen LogP contribution is -2.02. The lowest BCUT2D eigenvalue weighted by Gasteiger charge is -1.96. The summed E-state index contributed by atoms with van der Waals surface area (Å²) in [5.41, 5.74) is 0.816. The van der Waals surface area contributed by atoms with Crippen molar-refractivity contribution in [1.29, 1.82) is 5.26 Å². The van der Waals surface area contributed by atoms with Crippen molar-refractivity contribution in [1.82, 2.24) is 20.2 Å². The van der Waals surface area contributed by atoms with E-state index in [9.17, 15) is 5.11 Å². The second kappa shape index (κ2) is 5.77. The summed E-state index contributed by atoms with van der Waals surface area (Å²) in [5.74, 6) is 0.748. The highest BCUT2D eigenvalue weighted by molar-refractivity contribution is 5.54. The maximum absolute atomic E-state index is 9.19. The molecule has 0 radical (unpaired) electrons. The average Bonchev–Trinajstić information content (AvgIpc) is 2.84. The van der Waals surface area contributed by atoms with Gasteiger partial charge in [-0.15, -0.1) is 10.2 Å². The van der Waals surface area contributed by atoms with Gasteiger partial charge in [-0.2, -0.15) is 10.1 Å². The third-order valence-corrected chi connectivity index (χ3v) is 2.48. The number of rotatable bonds is 5. The van der Waals surface area contributed by atoms with Crippen LogP contribution in [-0.2, 0) is 6.54 Å². The van der Waals surface area contributed by atoms with E-state index < -0.39 is 0 Å². The molecule has 1 heterocycles. The number of nitriles is 1. The van der Waals surface area contributed by atoms with E-state index >= 15 is 0 Å². The molecular formula is C12H13N5O. The van der Waals surface area contributed by atoms with Crippen molar-refractivity contribution in [3.8, 4) is 23.2 Å². The SMILES string of the molecule is N#CCCCCn1nnc(-c2ccc(O)cc2)n1. The Kier molecular flexibility index (Phi) is 3.86. The van der Waals surface area contributed by atoms with E-state index in [2.05, 4.69) is 21.5 Å². The molecule has 0 aliphatic rings. The van der Waals surface area contributed by atoms with Crippen LogP contribution in [0, 0.1) is 11.3 Å². The van der Waals surface area contributed by atoms with Gasteiger partial charge < -0.3 is 5.11 Å². The van der Waals surface area contributed by atoms with Crippen LogP contribution in [0.4, 0.5) is 0 Å². The molecule has 0 unspecified atom stereocenters. The number of benzene rings is 1. The molecule has 6 heteroatoms. The summed E-state index contributed by atoms with van der Waals surface area (Å²) in [7, 11) is 0. The number of tetrazole rings is 1. The van der Waals surface area contributed by atoms with Crippen LogP contribution in [0.1, 0.15) is 19.3 Å². The molecule has 0 atom stereocenters. The molecule has 2 rings (SSSR count). The first-order chi connectivity index (χ1) is 8.79. The zero-order valence-electron chi connectivity index (χ0n) is 9.82. The van der Waals surface area contributed by atoms with Crippen molar-refractivity contribution < 1.29 is 5.11 Å². The van der Waals surface area contributed by atoms with Crippen LogP contribution in [0.5, 0.6) is 5.75 Å². The number of phenolic OH excluding ortho intramolecular Hbond substituents is 1. The van der Waals surface area contributed by atoms with E-state index in [0.717, 1.165) is 18.4 Å². The first-order valence-electron chi connectivity index (χ1n) is 5.74. The molecule has 0 aliphatic heterocycles. The largest absolute Gasteiger partial charge is 0.508 e. The fraction of sp³-hybridized carbons (Fsp3) is 0.333. The van der Waals surface area contributed by atoms with E-state index in [-0.39, 0.29) is 5.75 Å². The van der Waals surface area contributed by atoms with E-state index in [4.69, 9.17) is 5.26 Å². The molecule has 0 saturated carbocycles. The van der Waals surface area contributed by atoms with Crippen molar-refractivity contribution in [3.63, 3.8) is 0 Å². The number of hydrogen-bond acceptors (Lipinski definition) is 5. The van der Waals surface area contributed by atoms with Gasteiger partial charge in [0.1, 0.15) is 5.75 Å². The topological polar surface area (TPSA) is 87.6 Å². The number of nitrogens with zero attached hydrogens (tertiary/aromatic N) is 5. The van der Waals surface area contributed by atoms with Crippen molar-refractivity contribution in [2.75, 3.05) is 0 Å². The molecule has 0 saturated heterocycles. The summed E-state index contributed by atoms with van der Waals surface area (Å²) in [5, 5.41) is 29.7. The van der Waals surface area contributed by atoms with Crippen LogP contribution in [0.2, 0.25) is 0 Å². The third kappa shape index (κ3) is 3.04. The van der Waals surface area contributed by atoms with Gasteiger partial charge in [0, 0.05) is 12.0 Å². The molecule has 1 aromatic heterocycles. The summed E-state index contributed by atoms with van der Waals surface area (Å²) < 4.78 is 0. The minimum Gasteiger partial charge on any atom is -0.508 e. The van der Waals surface area contributed by atoms with Crippen molar-refractivity contribution in [2.24, 2.45) is 0 Å². The van der Waals surface area contributed by atoms with E-state index in [1.165, 1.54) is 4.80 Å². The molecule has 92 valence electrons. The van der Waals surface area contributed by atoms with Gasteiger partial charge in [-0.25, -0.2) is 0 Å². The molecule has 0 spiro atoms. The van der Waals surface area contributed by atoms with Gasteiger partial charge in [0.25, 0.3) is 0 Å². The van der Waals surface area contributed by atoms with E-state index in [1.807, 2.05) is 0 Å². The molecule has 1 aromatic carbocycles. The summed E-state index contributed by atoms with van der Waals surface area (Å²) in [6, 6.07) is 8.76. The summed E-state index contributed by atoms with van der Waals surface area (Å²) >= 11 is 0. The quantitative estimate of drug-likeness (QED) is 0.808. The summed E-state index contributed by atoms with van der Waals surface area (Å²) in [6.07, 6.45) is 2.25. The molecule has 0 aliphatic carbocycles. The Bertz CT molecular complexity index is 540. The van der Waals surface area contributed by atoms with Gasteiger partial charge in [0.2, 0.25) is 5.82 Å². The van der Waals surface area contributed by atoms with Crippen LogP contribution in [0.3, 0.4) is 0 Å². The lowest BCUT2D eigenvalue weighted by molar-refractivity contribution is 0.475. The van der Waals surface area contributed by atoms with Gasteiger partial charge in [0.15, 0.2) is 0 Å². The Balaban J connectivity index is 1.97. The molecule has 1 N–H and O–H groups in total. The van der Waals surface area contributed by atoms with Gasteiger partial charge in [0.05, 0.1) is 12.6 Å². The summed E-state index contributed by atoms with van der Waals surface area (Å²) in [6.45, 7) is 0.659. The fourth-order valence-electron chi connectivity index (χ4n) is 1.52. The Labute approximate surface area is 104 Å². The average molecular weight is 243 g/mol. The normalized spacial score (nSPS) is 10.2. The number of phenols is 1. The highest BCUT2D eigenvalue weighted by atomic mass is 16.3. The van der Waals surface area contributed by atoms with Crippen molar-refractivity contribution in [3.05, 3.63) is 24.3 Å². The van der Waals surface area contributed by atoms with E-state index in [0.29, 0.717) is 18.8 Å². The smallest absolute Gasteiger partial charge is 0.204 e. The van der Waals surface area contributed by atoms with Crippen LogP contribution >= 0.6 is 0 Å². The molecule has 2 aromatic rings. The maximum atomic E-state index is 9.19. The zero-order chi connectivity index (χ0) is 12.8. The lowest BCUT2D eigenvalue weighted by atomic mass is 10.2. The van der Waals surface area contributed by atoms with Gasteiger partial charge >= 0.3 is 0 Å².